The lowest BCUT2D eigenvalue weighted by Gasteiger charge is -2.34. The van der Waals surface area contributed by atoms with Crippen molar-refractivity contribution in [3.05, 3.63) is 210 Å². The molecular formula is C49H31NS2. The zero-order valence-electron chi connectivity index (χ0n) is 28.2. The Hall–Kier alpha value is -6.00. The smallest absolute Gasteiger partial charge is 0.0713 e. The van der Waals surface area contributed by atoms with Crippen LogP contribution in [0.1, 0.15) is 22.3 Å². The van der Waals surface area contributed by atoms with Crippen LogP contribution in [-0.4, -0.2) is 0 Å². The Morgan fingerprint density at radius 2 is 0.846 bits per heavy atom. The zero-order chi connectivity index (χ0) is 34.2. The second-order valence-electron chi connectivity index (χ2n) is 13.6. The highest BCUT2D eigenvalue weighted by atomic mass is 32.1. The SMILES string of the molecule is c1ccc(C2(c3ccccc3)c3ccccc3-c3cc(N(c4cccc5c4sc4ccccc45)c4cccc5c4sc4ccccc45)ccc32)cc1. The summed E-state index contributed by atoms with van der Waals surface area (Å²) in [6.07, 6.45) is 0. The second-order valence-corrected chi connectivity index (χ2v) is 15.7. The molecule has 1 aliphatic carbocycles. The first-order chi connectivity index (χ1) is 25.8. The molecular weight excluding hydrogens is 667 g/mol. The van der Waals surface area contributed by atoms with Gasteiger partial charge in [-0.05, 0) is 69.8 Å². The summed E-state index contributed by atoms with van der Waals surface area (Å²) in [4.78, 5) is 2.53. The van der Waals surface area contributed by atoms with E-state index in [2.05, 4.69) is 193 Å². The van der Waals surface area contributed by atoms with E-state index in [0.717, 1.165) is 5.69 Å². The third-order valence-electron chi connectivity index (χ3n) is 10.9. The molecule has 0 bridgehead atoms. The minimum atomic E-state index is -0.436. The van der Waals surface area contributed by atoms with Crippen molar-refractivity contribution >= 4 is 80.1 Å². The fourth-order valence-electron chi connectivity index (χ4n) is 8.80. The summed E-state index contributed by atoms with van der Waals surface area (Å²) < 4.78 is 5.21. The molecule has 1 nitrogen and oxygen atoms in total. The van der Waals surface area contributed by atoms with Gasteiger partial charge in [0, 0.05) is 36.6 Å². The van der Waals surface area contributed by atoms with E-state index >= 15 is 0 Å². The molecule has 0 saturated carbocycles. The van der Waals surface area contributed by atoms with Crippen LogP contribution in [0.15, 0.2) is 188 Å². The Morgan fingerprint density at radius 3 is 1.44 bits per heavy atom. The van der Waals surface area contributed by atoms with Crippen LogP contribution in [0.3, 0.4) is 0 Å². The van der Waals surface area contributed by atoms with Crippen LogP contribution >= 0.6 is 22.7 Å². The van der Waals surface area contributed by atoms with E-state index in [1.165, 1.54) is 85.1 Å². The van der Waals surface area contributed by atoms with Crippen molar-refractivity contribution < 1.29 is 0 Å². The highest BCUT2D eigenvalue weighted by molar-refractivity contribution is 7.27. The van der Waals surface area contributed by atoms with E-state index in [4.69, 9.17) is 0 Å². The van der Waals surface area contributed by atoms with Crippen LogP contribution in [0.4, 0.5) is 17.1 Å². The molecule has 3 heteroatoms. The highest BCUT2D eigenvalue weighted by Gasteiger charge is 2.46. The second kappa shape index (κ2) is 11.5. The Labute approximate surface area is 310 Å². The standard InChI is InChI=1S/C49H31NS2/c1-3-15-32(16-4-1)49(33-17-5-2-6-18-33)41-24-10-7-19-35(41)40-31-34(29-30-42(40)49)50(43-25-13-22-38-36-20-8-11-27-45(36)51-47(38)43)44-26-14-23-39-37-21-9-12-28-46(37)52-48(39)44/h1-31H. The Kier molecular flexibility index (Phi) is 6.57. The summed E-state index contributed by atoms with van der Waals surface area (Å²) in [5.41, 5.74) is 10.9. The van der Waals surface area contributed by atoms with Gasteiger partial charge in [-0.25, -0.2) is 0 Å². The van der Waals surface area contributed by atoms with Crippen molar-refractivity contribution in [2.24, 2.45) is 0 Å². The number of hydrogen-bond donors (Lipinski definition) is 0. The normalized spacial score (nSPS) is 13.2. The van der Waals surface area contributed by atoms with Crippen LogP contribution in [-0.2, 0) is 5.41 Å². The summed E-state index contributed by atoms with van der Waals surface area (Å²) in [5, 5.41) is 5.21. The van der Waals surface area contributed by atoms with Gasteiger partial charge in [-0.3, -0.25) is 0 Å². The van der Waals surface area contributed by atoms with E-state index in [1.807, 2.05) is 22.7 Å². The fraction of sp³-hybridized carbons (Fsp3) is 0.0204. The first-order valence-electron chi connectivity index (χ1n) is 17.8. The summed E-state index contributed by atoms with van der Waals surface area (Å²) in [5.74, 6) is 0. The quantitative estimate of drug-likeness (QED) is 0.173. The monoisotopic (exact) mass is 697 g/mol. The largest absolute Gasteiger partial charge is 0.308 e. The molecule has 0 spiro atoms. The fourth-order valence-corrected chi connectivity index (χ4v) is 11.2. The molecule has 0 atom stereocenters. The molecule has 11 rings (SSSR count). The highest BCUT2D eigenvalue weighted by Crippen LogP contribution is 2.58. The number of fused-ring (bicyclic) bond motifs is 9. The van der Waals surface area contributed by atoms with Gasteiger partial charge in [0.15, 0.2) is 0 Å². The Balaban J connectivity index is 1.23. The maximum atomic E-state index is 2.53. The molecule has 0 unspecified atom stereocenters. The molecule has 244 valence electrons. The molecule has 1 aliphatic rings. The van der Waals surface area contributed by atoms with Crippen molar-refractivity contribution in [3.8, 4) is 11.1 Å². The van der Waals surface area contributed by atoms with Crippen molar-refractivity contribution in [3.63, 3.8) is 0 Å². The Morgan fingerprint density at radius 1 is 0.365 bits per heavy atom. The summed E-state index contributed by atoms with van der Waals surface area (Å²) in [6.45, 7) is 0. The molecule has 52 heavy (non-hydrogen) atoms. The van der Waals surface area contributed by atoms with Gasteiger partial charge in [0.1, 0.15) is 0 Å². The van der Waals surface area contributed by atoms with Gasteiger partial charge in [-0.15, -0.1) is 22.7 Å². The van der Waals surface area contributed by atoms with Gasteiger partial charge in [0.2, 0.25) is 0 Å². The molecule has 0 radical (unpaired) electrons. The molecule has 2 heterocycles. The molecule has 0 saturated heterocycles. The molecule has 0 amide bonds. The molecule has 2 aromatic heterocycles. The lowest BCUT2D eigenvalue weighted by molar-refractivity contribution is 0.768. The zero-order valence-corrected chi connectivity index (χ0v) is 29.8. The summed E-state index contributed by atoms with van der Waals surface area (Å²) >= 11 is 3.77. The van der Waals surface area contributed by atoms with Crippen LogP contribution in [0.2, 0.25) is 0 Å². The van der Waals surface area contributed by atoms with Gasteiger partial charge in [-0.1, -0.05) is 152 Å². The van der Waals surface area contributed by atoms with E-state index in [-0.39, 0.29) is 0 Å². The minimum Gasteiger partial charge on any atom is -0.308 e. The predicted molar refractivity (Wildman–Crippen MR) is 224 cm³/mol. The number of thiophene rings is 2. The van der Waals surface area contributed by atoms with Crippen LogP contribution < -0.4 is 4.90 Å². The van der Waals surface area contributed by atoms with Crippen LogP contribution in [0.25, 0.3) is 51.5 Å². The maximum Gasteiger partial charge on any atom is 0.0713 e. The van der Waals surface area contributed by atoms with E-state index in [1.54, 1.807) is 0 Å². The third kappa shape index (κ3) is 4.15. The first-order valence-corrected chi connectivity index (χ1v) is 19.4. The van der Waals surface area contributed by atoms with Gasteiger partial charge in [-0.2, -0.15) is 0 Å². The van der Waals surface area contributed by atoms with Crippen molar-refractivity contribution in [2.45, 2.75) is 5.41 Å². The van der Waals surface area contributed by atoms with Gasteiger partial charge in [0.05, 0.1) is 26.2 Å². The van der Waals surface area contributed by atoms with Crippen molar-refractivity contribution in [2.75, 3.05) is 4.90 Å². The number of anilines is 3. The summed E-state index contributed by atoms with van der Waals surface area (Å²) in [7, 11) is 0. The predicted octanol–water partition coefficient (Wildman–Crippen LogP) is 14.3. The van der Waals surface area contributed by atoms with E-state index in [9.17, 15) is 0 Å². The molecule has 10 aromatic rings. The summed E-state index contributed by atoms with van der Waals surface area (Å²) in [6, 6.07) is 69.6. The van der Waals surface area contributed by atoms with Crippen LogP contribution in [0, 0.1) is 0 Å². The minimum absolute atomic E-state index is 0.436. The first kappa shape index (κ1) is 29.7. The van der Waals surface area contributed by atoms with E-state index in [0.29, 0.717) is 0 Å². The van der Waals surface area contributed by atoms with Gasteiger partial charge < -0.3 is 4.90 Å². The average molecular weight is 698 g/mol. The van der Waals surface area contributed by atoms with Gasteiger partial charge in [0.25, 0.3) is 0 Å². The maximum absolute atomic E-state index is 2.53. The van der Waals surface area contributed by atoms with E-state index < -0.39 is 5.41 Å². The number of hydrogen-bond acceptors (Lipinski definition) is 3. The number of benzene rings is 8. The van der Waals surface area contributed by atoms with Gasteiger partial charge >= 0.3 is 0 Å². The van der Waals surface area contributed by atoms with Crippen molar-refractivity contribution in [1.82, 2.24) is 0 Å². The lowest BCUT2D eigenvalue weighted by Crippen LogP contribution is -2.28. The lowest BCUT2D eigenvalue weighted by atomic mass is 9.68. The van der Waals surface area contributed by atoms with Crippen molar-refractivity contribution in [1.29, 1.82) is 0 Å². The third-order valence-corrected chi connectivity index (χ3v) is 13.4. The van der Waals surface area contributed by atoms with Crippen LogP contribution in [0.5, 0.6) is 0 Å². The number of rotatable bonds is 5. The molecule has 0 N–H and O–H groups in total. The Bertz CT molecular complexity index is 2820. The topological polar surface area (TPSA) is 3.24 Å². The molecule has 0 aliphatic heterocycles. The number of nitrogens with zero attached hydrogens (tertiary/aromatic N) is 1. The molecule has 0 fully saturated rings. The molecule has 8 aromatic carbocycles. The average Bonchev–Trinajstić information content (AvgIpc) is 3.88.